The van der Waals surface area contributed by atoms with Gasteiger partial charge in [0, 0.05) is 25.7 Å². The predicted molar refractivity (Wildman–Crippen MR) is 58.4 cm³/mol. The van der Waals surface area contributed by atoms with E-state index in [1.54, 1.807) is 11.6 Å². The average Bonchev–Trinajstić information content (AvgIpc) is 2.61. The molecule has 2 N–H and O–H groups in total. The summed E-state index contributed by atoms with van der Waals surface area (Å²) in [4.78, 5) is 4.55. The third-order valence-electron chi connectivity index (χ3n) is 1.97. The van der Waals surface area contributed by atoms with Crippen molar-refractivity contribution in [3.63, 3.8) is 0 Å². The summed E-state index contributed by atoms with van der Waals surface area (Å²) in [5.74, 6) is 0.0375. The maximum Gasteiger partial charge on any atom is 0.262 e. The lowest BCUT2D eigenvalue weighted by molar-refractivity contribution is 0.516. The normalized spacial score (nSPS) is 12.7. The first-order valence-corrected chi connectivity index (χ1v) is 6.40. The monoisotopic (exact) mass is 246 g/mol. The van der Waals surface area contributed by atoms with Crippen molar-refractivity contribution >= 4 is 32.1 Å². The van der Waals surface area contributed by atoms with Crippen molar-refractivity contribution in [2.75, 3.05) is 19.8 Å². The number of nitrogens with zero attached hydrogens (tertiary/aromatic N) is 3. The van der Waals surface area contributed by atoms with Crippen molar-refractivity contribution < 1.29 is 8.42 Å². The smallest absolute Gasteiger partial charge is 0.262 e. The van der Waals surface area contributed by atoms with Gasteiger partial charge in [0.05, 0.1) is 0 Å². The molecule has 2 heterocycles. The highest BCUT2D eigenvalue weighted by Crippen LogP contribution is 2.24. The van der Waals surface area contributed by atoms with Crippen LogP contribution < -0.4 is 5.73 Å². The van der Waals surface area contributed by atoms with Crippen LogP contribution in [0.2, 0.25) is 0 Å². The third kappa shape index (κ3) is 1.41. The van der Waals surface area contributed by atoms with E-state index in [1.165, 1.54) is 29.8 Å². The molecule has 0 aliphatic carbocycles. The largest absolute Gasteiger partial charge is 0.381 e. The average molecular weight is 246 g/mol. The zero-order valence-corrected chi connectivity index (χ0v) is 9.84. The molecule has 82 valence electrons. The summed E-state index contributed by atoms with van der Waals surface area (Å²) in [6, 6.07) is 0. The summed E-state index contributed by atoms with van der Waals surface area (Å²) in [5, 5.41) is 1.79. The first kappa shape index (κ1) is 10.4. The Morgan fingerprint density at radius 3 is 2.80 bits per heavy atom. The minimum atomic E-state index is -3.55. The van der Waals surface area contributed by atoms with E-state index in [0.717, 1.165) is 4.31 Å². The number of rotatable bonds is 2. The van der Waals surface area contributed by atoms with Gasteiger partial charge in [-0.2, -0.15) is 0 Å². The number of aromatic nitrogens is 2. The van der Waals surface area contributed by atoms with E-state index in [2.05, 4.69) is 4.98 Å². The van der Waals surface area contributed by atoms with Gasteiger partial charge in [-0.3, -0.25) is 4.40 Å². The molecule has 0 fully saturated rings. The zero-order chi connectivity index (χ0) is 11.2. The van der Waals surface area contributed by atoms with Gasteiger partial charge in [-0.05, 0) is 0 Å². The molecule has 0 atom stereocenters. The van der Waals surface area contributed by atoms with Crippen LogP contribution in [0.25, 0.3) is 4.96 Å². The summed E-state index contributed by atoms with van der Waals surface area (Å²) in [7, 11) is -0.628. The van der Waals surface area contributed by atoms with E-state index in [9.17, 15) is 8.42 Å². The van der Waals surface area contributed by atoms with Crippen LogP contribution in [0.1, 0.15) is 0 Å². The van der Waals surface area contributed by atoms with Crippen molar-refractivity contribution in [3.8, 4) is 0 Å². The molecule has 0 saturated heterocycles. The molecule has 0 bridgehead atoms. The van der Waals surface area contributed by atoms with Crippen molar-refractivity contribution in [2.24, 2.45) is 0 Å². The Hall–Kier alpha value is -1.12. The Kier molecular flexibility index (Phi) is 2.21. The van der Waals surface area contributed by atoms with Crippen molar-refractivity contribution in [1.82, 2.24) is 13.7 Å². The SMILES string of the molecule is CN(C)S(=O)(=O)c1c(N)nc2sccn12. The lowest BCUT2D eigenvalue weighted by atomic mass is 10.8. The second-order valence-electron chi connectivity index (χ2n) is 3.15. The van der Waals surface area contributed by atoms with Crippen LogP contribution in [0.3, 0.4) is 0 Å². The number of hydrogen-bond donors (Lipinski definition) is 1. The highest BCUT2D eigenvalue weighted by atomic mass is 32.2. The summed E-state index contributed by atoms with van der Waals surface area (Å²) in [5.41, 5.74) is 5.59. The van der Waals surface area contributed by atoms with Crippen molar-refractivity contribution in [1.29, 1.82) is 0 Å². The molecule has 2 rings (SSSR count). The lowest BCUT2D eigenvalue weighted by Crippen LogP contribution is -2.24. The van der Waals surface area contributed by atoms with Gasteiger partial charge in [0.25, 0.3) is 10.0 Å². The molecule has 6 nitrogen and oxygen atoms in total. The van der Waals surface area contributed by atoms with Gasteiger partial charge in [-0.15, -0.1) is 11.3 Å². The number of thiazole rings is 1. The maximum absolute atomic E-state index is 11.9. The minimum Gasteiger partial charge on any atom is -0.381 e. The molecule has 0 aromatic carbocycles. The van der Waals surface area contributed by atoms with Gasteiger partial charge in [0.2, 0.25) is 0 Å². The summed E-state index contributed by atoms with van der Waals surface area (Å²) < 4.78 is 26.4. The third-order valence-corrected chi connectivity index (χ3v) is 4.58. The highest BCUT2D eigenvalue weighted by molar-refractivity contribution is 7.89. The number of sulfonamides is 1. The van der Waals surface area contributed by atoms with Gasteiger partial charge in [0.1, 0.15) is 0 Å². The molecular weight excluding hydrogens is 236 g/mol. The summed E-state index contributed by atoms with van der Waals surface area (Å²) in [6.07, 6.45) is 1.64. The first-order valence-electron chi connectivity index (χ1n) is 4.08. The maximum atomic E-state index is 11.9. The Bertz CT molecular complexity index is 596. The van der Waals surface area contributed by atoms with Crippen LogP contribution in [-0.2, 0) is 10.0 Å². The van der Waals surface area contributed by atoms with Crippen LogP contribution in [0, 0.1) is 0 Å². The number of imidazole rings is 1. The Balaban J connectivity index is 2.81. The fourth-order valence-electron chi connectivity index (χ4n) is 1.21. The van der Waals surface area contributed by atoms with E-state index >= 15 is 0 Å². The van der Waals surface area contributed by atoms with Crippen molar-refractivity contribution in [2.45, 2.75) is 5.03 Å². The molecule has 8 heteroatoms. The van der Waals surface area contributed by atoms with Crippen LogP contribution in [0.4, 0.5) is 5.82 Å². The standard InChI is InChI=1S/C7H10N4O2S2/c1-10(2)15(12,13)6-5(8)9-7-11(6)3-4-14-7/h3-4H,8H2,1-2H3. The minimum absolute atomic E-state index is 0.0313. The van der Waals surface area contributed by atoms with E-state index < -0.39 is 10.0 Å². The molecule has 2 aromatic heterocycles. The summed E-state index contributed by atoms with van der Waals surface area (Å²) in [6.45, 7) is 0. The molecule has 15 heavy (non-hydrogen) atoms. The van der Waals surface area contributed by atoms with E-state index in [0.29, 0.717) is 4.96 Å². The molecular formula is C7H10N4O2S2. The number of fused-ring (bicyclic) bond motifs is 1. The molecule has 0 aliphatic rings. The topological polar surface area (TPSA) is 80.7 Å². The molecule has 0 spiro atoms. The Morgan fingerprint density at radius 1 is 1.53 bits per heavy atom. The van der Waals surface area contributed by atoms with E-state index in [1.807, 2.05) is 0 Å². The summed E-state index contributed by atoms with van der Waals surface area (Å²) >= 11 is 1.34. The number of nitrogen functional groups attached to an aromatic ring is 1. The molecule has 2 aromatic rings. The number of hydrogen-bond acceptors (Lipinski definition) is 5. The number of anilines is 1. The Labute approximate surface area is 91.0 Å². The predicted octanol–water partition coefficient (Wildman–Crippen LogP) is 0.228. The van der Waals surface area contributed by atoms with Gasteiger partial charge in [-0.25, -0.2) is 17.7 Å². The first-order chi connectivity index (χ1) is 6.94. The second-order valence-corrected chi connectivity index (χ2v) is 6.09. The highest BCUT2D eigenvalue weighted by Gasteiger charge is 2.26. The van der Waals surface area contributed by atoms with Crippen LogP contribution in [0.15, 0.2) is 16.6 Å². The van der Waals surface area contributed by atoms with Gasteiger partial charge in [0.15, 0.2) is 15.8 Å². The van der Waals surface area contributed by atoms with Crippen LogP contribution in [-0.4, -0.2) is 36.2 Å². The fourth-order valence-corrected chi connectivity index (χ4v) is 3.04. The van der Waals surface area contributed by atoms with Crippen LogP contribution in [0.5, 0.6) is 0 Å². The number of nitrogens with two attached hydrogens (primary N) is 1. The molecule has 0 amide bonds. The van der Waals surface area contributed by atoms with Gasteiger partial charge in [-0.1, -0.05) is 0 Å². The van der Waals surface area contributed by atoms with Gasteiger partial charge < -0.3 is 5.73 Å². The quantitative estimate of drug-likeness (QED) is 0.822. The molecule has 0 unspecified atom stereocenters. The Morgan fingerprint density at radius 2 is 2.20 bits per heavy atom. The van der Waals surface area contributed by atoms with Crippen molar-refractivity contribution in [3.05, 3.63) is 11.6 Å². The van der Waals surface area contributed by atoms with Gasteiger partial charge >= 0.3 is 0 Å². The molecule has 0 radical (unpaired) electrons. The molecule has 0 aliphatic heterocycles. The zero-order valence-electron chi connectivity index (χ0n) is 8.21. The second kappa shape index (κ2) is 3.19. The van der Waals surface area contributed by atoms with E-state index in [4.69, 9.17) is 5.73 Å². The fraction of sp³-hybridized carbons (Fsp3) is 0.286. The lowest BCUT2D eigenvalue weighted by Gasteiger charge is -2.10. The van der Waals surface area contributed by atoms with Crippen LogP contribution >= 0.6 is 11.3 Å². The van der Waals surface area contributed by atoms with E-state index in [-0.39, 0.29) is 10.8 Å². The molecule has 0 saturated carbocycles.